The lowest BCUT2D eigenvalue weighted by Crippen LogP contribution is -2.34. The van der Waals surface area contributed by atoms with Gasteiger partial charge < -0.3 is 10.6 Å². The first-order valence-corrected chi connectivity index (χ1v) is 8.05. The molecule has 1 aromatic carbocycles. The maximum atomic E-state index is 11.8. The van der Waals surface area contributed by atoms with E-state index in [-0.39, 0.29) is 11.9 Å². The molecule has 0 bridgehead atoms. The van der Waals surface area contributed by atoms with E-state index < -0.39 is 0 Å². The third kappa shape index (κ3) is 4.74. The van der Waals surface area contributed by atoms with Crippen molar-refractivity contribution in [1.29, 1.82) is 0 Å². The minimum atomic E-state index is 0.0105. The van der Waals surface area contributed by atoms with Crippen LogP contribution in [-0.4, -0.2) is 12.5 Å². The summed E-state index contributed by atoms with van der Waals surface area (Å²) in [7, 11) is 0. The number of hydrogen-bond acceptors (Lipinski definition) is 3. The van der Waals surface area contributed by atoms with E-state index in [0.29, 0.717) is 13.1 Å². The van der Waals surface area contributed by atoms with Crippen molar-refractivity contribution in [3.05, 3.63) is 56.7 Å². The van der Waals surface area contributed by atoms with Gasteiger partial charge in [-0.15, -0.1) is 11.3 Å². The van der Waals surface area contributed by atoms with Crippen LogP contribution in [0.1, 0.15) is 23.4 Å². The molecule has 20 heavy (non-hydrogen) atoms. The number of nitrogens with one attached hydrogen (secondary N) is 2. The Hall–Kier alpha value is -1.17. The number of carbonyl (C=O) groups excluding carboxylic acids is 1. The van der Waals surface area contributed by atoms with Gasteiger partial charge in [-0.2, -0.15) is 0 Å². The van der Waals surface area contributed by atoms with E-state index in [2.05, 4.69) is 39.6 Å². The highest BCUT2D eigenvalue weighted by Crippen LogP contribution is 2.26. The Labute approximate surface area is 131 Å². The highest BCUT2D eigenvalue weighted by atomic mass is 79.9. The van der Waals surface area contributed by atoms with Gasteiger partial charge in [0.25, 0.3) is 0 Å². The number of carbonyl (C=O) groups is 1. The van der Waals surface area contributed by atoms with Gasteiger partial charge in [0, 0.05) is 17.5 Å². The van der Waals surface area contributed by atoms with E-state index in [1.165, 1.54) is 4.88 Å². The molecule has 5 heteroatoms. The third-order valence-electron chi connectivity index (χ3n) is 2.92. The quantitative estimate of drug-likeness (QED) is 0.835. The second kappa shape index (κ2) is 7.57. The normalized spacial score (nSPS) is 12.1. The summed E-state index contributed by atoms with van der Waals surface area (Å²) in [5, 5.41) is 6.13. The SMILES string of the molecule is CC(NCC(=O)NCc1ccccc1)c1ccc(Br)s1. The van der Waals surface area contributed by atoms with Crippen molar-refractivity contribution in [3.8, 4) is 0 Å². The Morgan fingerprint density at radius 1 is 1.25 bits per heavy atom. The van der Waals surface area contributed by atoms with Crippen molar-refractivity contribution in [2.75, 3.05) is 6.54 Å². The number of thiophene rings is 1. The van der Waals surface area contributed by atoms with Gasteiger partial charge in [0.1, 0.15) is 0 Å². The van der Waals surface area contributed by atoms with E-state index in [1.54, 1.807) is 11.3 Å². The summed E-state index contributed by atoms with van der Waals surface area (Å²) in [5.74, 6) is 0.0105. The van der Waals surface area contributed by atoms with Gasteiger partial charge in [-0.3, -0.25) is 4.79 Å². The zero-order chi connectivity index (χ0) is 14.4. The topological polar surface area (TPSA) is 41.1 Å². The highest BCUT2D eigenvalue weighted by molar-refractivity contribution is 9.11. The Morgan fingerprint density at radius 2 is 2.00 bits per heavy atom. The van der Waals surface area contributed by atoms with Crippen molar-refractivity contribution < 1.29 is 4.79 Å². The largest absolute Gasteiger partial charge is 0.351 e. The van der Waals surface area contributed by atoms with Gasteiger partial charge in [0.15, 0.2) is 0 Å². The molecule has 3 nitrogen and oxygen atoms in total. The van der Waals surface area contributed by atoms with Gasteiger partial charge >= 0.3 is 0 Å². The second-order valence-corrected chi connectivity index (χ2v) is 7.00. The van der Waals surface area contributed by atoms with Crippen molar-refractivity contribution >= 4 is 33.2 Å². The molecule has 0 aliphatic heterocycles. The molecular formula is C15H17BrN2OS. The fourth-order valence-corrected chi connectivity index (χ4v) is 3.22. The summed E-state index contributed by atoms with van der Waals surface area (Å²) >= 11 is 5.12. The molecule has 0 aliphatic carbocycles. The summed E-state index contributed by atoms with van der Waals surface area (Å²) in [6.07, 6.45) is 0. The predicted octanol–water partition coefficient (Wildman–Crippen LogP) is 3.48. The summed E-state index contributed by atoms with van der Waals surface area (Å²) in [6.45, 7) is 2.95. The molecule has 106 valence electrons. The average Bonchev–Trinajstić information content (AvgIpc) is 2.90. The third-order valence-corrected chi connectivity index (χ3v) is 4.73. The van der Waals surface area contributed by atoms with E-state index in [9.17, 15) is 4.79 Å². The Balaban J connectivity index is 1.72. The van der Waals surface area contributed by atoms with Crippen molar-refractivity contribution in [1.82, 2.24) is 10.6 Å². The summed E-state index contributed by atoms with van der Waals surface area (Å²) < 4.78 is 1.11. The van der Waals surface area contributed by atoms with Crippen molar-refractivity contribution in [2.45, 2.75) is 19.5 Å². The van der Waals surface area contributed by atoms with Crippen LogP contribution in [0.4, 0.5) is 0 Å². The van der Waals surface area contributed by atoms with Crippen LogP contribution in [0.3, 0.4) is 0 Å². The van der Waals surface area contributed by atoms with Gasteiger partial charge in [0.2, 0.25) is 5.91 Å². The molecule has 0 fully saturated rings. The van der Waals surface area contributed by atoms with Crippen LogP contribution in [0.15, 0.2) is 46.3 Å². The Kier molecular flexibility index (Phi) is 5.76. The standard InChI is InChI=1S/C15H17BrN2OS/c1-11(13-7-8-14(16)20-13)17-10-15(19)18-9-12-5-3-2-4-6-12/h2-8,11,17H,9-10H2,1H3,(H,18,19). The van der Waals surface area contributed by atoms with Crippen LogP contribution in [-0.2, 0) is 11.3 Å². The lowest BCUT2D eigenvalue weighted by Gasteiger charge is -2.12. The first-order chi connectivity index (χ1) is 9.65. The molecule has 2 rings (SSSR count). The monoisotopic (exact) mass is 352 g/mol. The number of halogens is 1. The van der Waals surface area contributed by atoms with Crippen LogP contribution in [0.5, 0.6) is 0 Å². The Bertz CT molecular complexity index is 556. The zero-order valence-corrected chi connectivity index (χ0v) is 13.6. The van der Waals surface area contributed by atoms with E-state index in [0.717, 1.165) is 9.35 Å². The zero-order valence-electron chi connectivity index (χ0n) is 11.2. The molecule has 2 N–H and O–H groups in total. The van der Waals surface area contributed by atoms with Crippen molar-refractivity contribution in [2.24, 2.45) is 0 Å². The van der Waals surface area contributed by atoms with Crippen LogP contribution in [0.25, 0.3) is 0 Å². The van der Waals surface area contributed by atoms with Crippen LogP contribution >= 0.6 is 27.3 Å². The fraction of sp³-hybridized carbons (Fsp3) is 0.267. The molecule has 1 aromatic heterocycles. The van der Waals surface area contributed by atoms with Gasteiger partial charge in [-0.1, -0.05) is 30.3 Å². The average molecular weight is 353 g/mol. The summed E-state index contributed by atoms with van der Waals surface area (Å²) in [6, 6.07) is 14.2. The molecule has 0 saturated heterocycles. The fourth-order valence-electron chi connectivity index (χ4n) is 1.77. The minimum Gasteiger partial charge on any atom is -0.351 e. The van der Waals surface area contributed by atoms with Gasteiger partial charge in [-0.05, 0) is 40.5 Å². The molecule has 0 saturated carbocycles. The first-order valence-electron chi connectivity index (χ1n) is 6.44. The molecule has 1 heterocycles. The van der Waals surface area contributed by atoms with Gasteiger partial charge in [-0.25, -0.2) is 0 Å². The Morgan fingerprint density at radius 3 is 2.65 bits per heavy atom. The predicted molar refractivity (Wildman–Crippen MR) is 86.7 cm³/mol. The van der Waals surface area contributed by atoms with Crippen LogP contribution in [0.2, 0.25) is 0 Å². The van der Waals surface area contributed by atoms with E-state index in [4.69, 9.17) is 0 Å². The van der Waals surface area contributed by atoms with Crippen molar-refractivity contribution in [3.63, 3.8) is 0 Å². The molecule has 1 amide bonds. The van der Waals surface area contributed by atoms with E-state index >= 15 is 0 Å². The number of rotatable bonds is 6. The minimum absolute atomic E-state index is 0.0105. The van der Waals surface area contributed by atoms with Crippen LogP contribution in [0, 0.1) is 0 Å². The molecule has 0 spiro atoms. The number of hydrogen-bond donors (Lipinski definition) is 2. The molecule has 2 aromatic rings. The molecule has 1 atom stereocenters. The lowest BCUT2D eigenvalue weighted by molar-refractivity contribution is -0.120. The first kappa shape index (κ1) is 15.2. The highest BCUT2D eigenvalue weighted by Gasteiger charge is 2.09. The summed E-state index contributed by atoms with van der Waals surface area (Å²) in [4.78, 5) is 13.0. The maximum absolute atomic E-state index is 11.8. The molecule has 0 radical (unpaired) electrons. The molecule has 0 aliphatic rings. The molecular weight excluding hydrogens is 336 g/mol. The summed E-state index contributed by atoms with van der Waals surface area (Å²) in [5.41, 5.74) is 1.11. The van der Waals surface area contributed by atoms with Crippen LogP contribution < -0.4 is 10.6 Å². The number of benzene rings is 1. The number of amides is 1. The maximum Gasteiger partial charge on any atom is 0.234 e. The molecule has 1 unspecified atom stereocenters. The lowest BCUT2D eigenvalue weighted by atomic mass is 10.2. The smallest absolute Gasteiger partial charge is 0.234 e. The van der Waals surface area contributed by atoms with E-state index in [1.807, 2.05) is 36.4 Å². The second-order valence-electron chi connectivity index (χ2n) is 4.51. The van der Waals surface area contributed by atoms with Gasteiger partial charge in [0.05, 0.1) is 10.3 Å².